The number of hydrogen-bond donors (Lipinski definition) is 0. The molecule has 27 heavy (non-hydrogen) atoms. The molecule has 1 aliphatic rings. The number of methoxy groups -OCH3 is 1. The molecule has 0 N–H and O–H groups in total. The van der Waals surface area contributed by atoms with Gasteiger partial charge in [-0.2, -0.15) is 0 Å². The Morgan fingerprint density at radius 1 is 1.07 bits per heavy atom. The maximum atomic E-state index is 13.9. The number of rotatable bonds is 3. The van der Waals surface area contributed by atoms with E-state index in [1.165, 1.54) is 11.0 Å². The zero-order valence-corrected chi connectivity index (χ0v) is 15.4. The minimum Gasteiger partial charge on any atom is -0.494 e. The van der Waals surface area contributed by atoms with Crippen molar-refractivity contribution < 1.29 is 18.3 Å². The van der Waals surface area contributed by atoms with Crippen LogP contribution in [0, 0.1) is 11.6 Å². The molecule has 2 heterocycles. The molecular formula is C19H17F2N3O2S. The molecule has 2 aromatic carbocycles. The monoisotopic (exact) mass is 389 g/mol. The van der Waals surface area contributed by atoms with Crippen LogP contribution in [0.25, 0.3) is 10.2 Å². The number of carbonyl (C=O) groups is 1. The zero-order chi connectivity index (χ0) is 19.0. The average molecular weight is 389 g/mol. The molecule has 5 nitrogen and oxygen atoms in total. The minimum absolute atomic E-state index is 0.375. The zero-order valence-electron chi connectivity index (χ0n) is 14.6. The second kappa shape index (κ2) is 7.11. The lowest BCUT2D eigenvalue weighted by molar-refractivity contribution is 0.0737. The third-order valence-electron chi connectivity index (χ3n) is 4.60. The van der Waals surface area contributed by atoms with Crippen LogP contribution in [0.5, 0.6) is 5.75 Å². The van der Waals surface area contributed by atoms with E-state index in [9.17, 15) is 13.6 Å². The number of halogens is 2. The molecular weight excluding hydrogens is 372 g/mol. The molecule has 1 aromatic heterocycles. The van der Waals surface area contributed by atoms with Crippen LogP contribution in [0.1, 0.15) is 10.4 Å². The number of fused-ring (bicyclic) bond motifs is 1. The first-order valence-corrected chi connectivity index (χ1v) is 9.32. The molecule has 0 saturated carbocycles. The SMILES string of the molecule is COc1cccc2sc(N3CCN(C(=O)c4c(F)cccc4F)CC3)nc12. The lowest BCUT2D eigenvalue weighted by Gasteiger charge is -2.34. The van der Waals surface area contributed by atoms with Crippen molar-refractivity contribution in [3.63, 3.8) is 0 Å². The van der Waals surface area contributed by atoms with E-state index in [0.29, 0.717) is 26.2 Å². The molecule has 0 bridgehead atoms. The molecule has 1 amide bonds. The van der Waals surface area contributed by atoms with Gasteiger partial charge in [0.05, 0.1) is 11.8 Å². The molecule has 0 aliphatic carbocycles. The second-order valence-electron chi connectivity index (χ2n) is 6.18. The topological polar surface area (TPSA) is 45.7 Å². The van der Waals surface area contributed by atoms with E-state index >= 15 is 0 Å². The van der Waals surface area contributed by atoms with Gasteiger partial charge < -0.3 is 14.5 Å². The number of thiazole rings is 1. The summed E-state index contributed by atoms with van der Waals surface area (Å²) in [5.74, 6) is -1.56. The van der Waals surface area contributed by atoms with Crippen molar-refractivity contribution in [2.75, 3.05) is 38.2 Å². The lowest BCUT2D eigenvalue weighted by atomic mass is 10.1. The fourth-order valence-corrected chi connectivity index (χ4v) is 4.21. The maximum absolute atomic E-state index is 13.9. The van der Waals surface area contributed by atoms with E-state index in [2.05, 4.69) is 9.88 Å². The van der Waals surface area contributed by atoms with Gasteiger partial charge in [0.2, 0.25) is 0 Å². The van der Waals surface area contributed by atoms with Crippen molar-refractivity contribution in [3.8, 4) is 5.75 Å². The van der Waals surface area contributed by atoms with Crippen LogP contribution in [0.3, 0.4) is 0 Å². The van der Waals surface area contributed by atoms with E-state index in [1.54, 1.807) is 18.4 Å². The van der Waals surface area contributed by atoms with Crippen molar-refractivity contribution in [2.24, 2.45) is 0 Å². The van der Waals surface area contributed by atoms with E-state index in [4.69, 9.17) is 4.74 Å². The number of piperazine rings is 1. The fraction of sp³-hybridized carbons (Fsp3) is 0.263. The summed E-state index contributed by atoms with van der Waals surface area (Å²) in [6.45, 7) is 1.84. The predicted octanol–water partition coefficient (Wildman–Crippen LogP) is 3.55. The molecule has 8 heteroatoms. The third-order valence-corrected chi connectivity index (χ3v) is 5.69. The molecule has 0 spiro atoms. The third kappa shape index (κ3) is 3.21. The molecule has 1 saturated heterocycles. The van der Waals surface area contributed by atoms with Crippen LogP contribution in [-0.2, 0) is 0 Å². The van der Waals surface area contributed by atoms with Crippen LogP contribution in [-0.4, -0.2) is 49.1 Å². The van der Waals surface area contributed by atoms with Crippen molar-refractivity contribution in [1.29, 1.82) is 0 Å². The Kier molecular flexibility index (Phi) is 4.65. The normalized spacial score (nSPS) is 14.6. The fourth-order valence-electron chi connectivity index (χ4n) is 3.17. The summed E-state index contributed by atoms with van der Waals surface area (Å²) in [5, 5.41) is 0.846. The maximum Gasteiger partial charge on any atom is 0.259 e. The second-order valence-corrected chi connectivity index (χ2v) is 7.19. The number of para-hydroxylation sites is 1. The van der Waals surface area contributed by atoms with Gasteiger partial charge in [-0.25, -0.2) is 13.8 Å². The highest BCUT2D eigenvalue weighted by atomic mass is 32.1. The van der Waals surface area contributed by atoms with Gasteiger partial charge in [-0.05, 0) is 24.3 Å². The van der Waals surface area contributed by atoms with Gasteiger partial charge in [-0.3, -0.25) is 4.79 Å². The summed E-state index contributed by atoms with van der Waals surface area (Å²) >= 11 is 1.56. The molecule has 3 aromatic rings. The number of hydrogen-bond acceptors (Lipinski definition) is 5. The van der Waals surface area contributed by atoms with Gasteiger partial charge in [0.1, 0.15) is 28.5 Å². The minimum atomic E-state index is -0.833. The molecule has 140 valence electrons. The Balaban J connectivity index is 1.50. The van der Waals surface area contributed by atoms with Gasteiger partial charge in [-0.1, -0.05) is 23.5 Å². The number of amides is 1. The van der Waals surface area contributed by atoms with Gasteiger partial charge in [0, 0.05) is 26.2 Å². The highest BCUT2D eigenvalue weighted by molar-refractivity contribution is 7.22. The predicted molar refractivity (Wildman–Crippen MR) is 101 cm³/mol. The summed E-state index contributed by atoms with van der Waals surface area (Å²) in [6, 6.07) is 9.22. The average Bonchev–Trinajstić information content (AvgIpc) is 3.12. The van der Waals surface area contributed by atoms with Crippen molar-refractivity contribution in [1.82, 2.24) is 9.88 Å². The molecule has 0 atom stereocenters. The van der Waals surface area contributed by atoms with Gasteiger partial charge in [0.25, 0.3) is 5.91 Å². The number of ether oxygens (including phenoxy) is 1. The summed E-state index contributed by atoms with van der Waals surface area (Å²) in [4.78, 5) is 20.7. The van der Waals surface area contributed by atoms with Crippen LogP contribution in [0.15, 0.2) is 36.4 Å². The quantitative estimate of drug-likeness (QED) is 0.687. The molecule has 4 rings (SSSR count). The summed E-state index contributed by atoms with van der Waals surface area (Å²) in [5.41, 5.74) is 0.322. The van der Waals surface area contributed by atoms with Crippen LogP contribution >= 0.6 is 11.3 Å². The Morgan fingerprint density at radius 3 is 2.41 bits per heavy atom. The van der Waals surface area contributed by atoms with Crippen molar-refractivity contribution >= 4 is 32.6 Å². The van der Waals surface area contributed by atoms with Gasteiger partial charge >= 0.3 is 0 Å². The Morgan fingerprint density at radius 2 is 1.74 bits per heavy atom. The first-order chi connectivity index (χ1) is 13.1. The van der Waals surface area contributed by atoms with Crippen molar-refractivity contribution in [3.05, 3.63) is 53.6 Å². The first-order valence-electron chi connectivity index (χ1n) is 8.50. The van der Waals surface area contributed by atoms with Crippen molar-refractivity contribution in [2.45, 2.75) is 0 Å². The number of aromatic nitrogens is 1. The molecule has 0 unspecified atom stereocenters. The number of benzene rings is 2. The van der Waals surface area contributed by atoms with E-state index in [0.717, 1.165) is 33.2 Å². The van der Waals surface area contributed by atoms with E-state index < -0.39 is 23.1 Å². The summed E-state index contributed by atoms with van der Waals surface area (Å²) < 4.78 is 34.1. The van der Waals surface area contributed by atoms with Crippen LogP contribution in [0.2, 0.25) is 0 Å². The largest absolute Gasteiger partial charge is 0.494 e. The molecule has 0 radical (unpaired) electrons. The highest BCUT2D eigenvalue weighted by Gasteiger charge is 2.27. The highest BCUT2D eigenvalue weighted by Crippen LogP contribution is 2.34. The standard InChI is InChI=1S/C19H17F2N3O2S/c1-26-14-6-3-7-15-17(14)22-19(27-15)24-10-8-23(9-11-24)18(25)16-12(20)4-2-5-13(16)21/h2-7H,8-11H2,1H3. The van der Waals surface area contributed by atoms with Gasteiger partial charge in [-0.15, -0.1) is 0 Å². The summed E-state index contributed by atoms with van der Waals surface area (Å²) in [6.07, 6.45) is 0. The Labute approximate surface area is 158 Å². The number of carbonyl (C=O) groups excluding carboxylic acids is 1. The summed E-state index contributed by atoms with van der Waals surface area (Å²) in [7, 11) is 1.61. The van der Waals surface area contributed by atoms with Gasteiger partial charge in [0.15, 0.2) is 5.13 Å². The lowest BCUT2D eigenvalue weighted by Crippen LogP contribution is -2.49. The Bertz CT molecular complexity index is 980. The Hall–Kier alpha value is -2.74. The molecule has 1 fully saturated rings. The smallest absolute Gasteiger partial charge is 0.259 e. The first kappa shape index (κ1) is 17.7. The van der Waals surface area contributed by atoms with E-state index in [-0.39, 0.29) is 0 Å². The number of nitrogens with zero attached hydrogens (tertiary/aromatic N) is 3. The van der Waals surface area contributed by atoms with Crippen LogP contribution in [0.4, 0.5) is 13.9 Å². The molecule has 1 aliphatic heterocycles. The van der Waals surface area contributed by atoms with Crippen LogP contribution < -0.4 is 9.64 Å². The number of anilines is 1. The van der Waals surface area contributed by atoms with E-state index in [1.807, 2.05) is 18.2 Å².